The minimum absolute atomic E-state index is 0.0521. The summed E-state index contributed by atoms with van der Waals surface area (Å²) in [6, 6.07) is 0.0196. The molecule has 0 bridgehead atoms. The molecule has 0 aliphatic heterocycles. The second-order valence-electron chi connectivity index (χ2n) is 20.9. The number of hydrogen-bond acceptors (Lipinski definition) is 3. The van der Waals surface area contributed by atoms with Gasteiger partial charge in [-0.2, -0.15) is 124 Å². The molecule has 0 spiro atoms. The monoisotopic (exact) mass is 1290 g/mol. The molecule has 0 amide bonds. The highest BCUT2D eigenvalue weighted by Gasteiger charge is 2.49. The molecule has 0 saturated carbocycles. The topological polar surface area (TPSA) is 27.7 Å². The third kappa shape index (κ3) is 24.5. The van der Waals surface area contributed by atoms with Gasteiger partial charge in [-0.15, -0.1) is 6.07 Å². The van der Waals surface area contributed by atoms with Gasteiger partial charge in [0.15, 0.2) is 0 Å². The van der Waals surface area contributed by atoms with Gasteiger partial charge in [-0.1, -0.05) is 122 Å². The highest BCUT2D eigenvalue weighted by molar-refractivity contribution is 6.39. The number of rotatable bonds is 29. The van der Waals surface area contributed by atoms with Crippen molar-refractivity contribution in [3.05, 3.63) is 123 Å². The van der Waals surface area contributed by atoms with Crippen LogP contribution in [-0.2, 0) is 49.4 Å². The van der Waals surface area contributed by atoms with Crippen molar-refractivity contribution in [2.24, 2.45) is 0 Å². The highest BCUT2D eigenvalue weighted by atomic mass is 19.4. The quantitative estimate of drug-likeness (QED) is 0.0178. The lowest BCUT2D eigenvalue weighted by Crippen LogP contribution is -2.53. The minimum Gasteiger partial charge on any atom is -0.490 e. The fraction of sp³-hybridized carbons (Fsp3) is 0.586. The zero-order chi connectivity index (χ0) is 66.0. The molecule has 87 heavy (non-hydrogen) atoms. The van der Waals surface area contributed by atoms with Crippen LogP contribution in [0, 0.1) is 6.07 Å². The van der Waals surface area contributed by atoms with E-state index in [4.69, 9.17) is 14.0 Å². The van der Waals surface area contributed by atoms with E-state index < -0.39 is 130 Å². The SMILES string of the molecule is CCCCCCCCCCCCCC(c1c(OB(Oc2cc(C(F)(F)F)cc(C(F)(F)F)c2)Oc2cc(C(F)(F)F)cc(C(F)(F)F)c2)cc(C(F)(F)F)cc1C(F)(F)F)[N+](CCCC)(CCCC)CCCC.FC(F)(F)c1c[c-]cc(C(F)(F)F)c1. The van der Waals surface area contributed by atoms with Crippen molar-refractivity contribution in [2.45, 2.75) is 199 Å². The van der Waals surface area contributed by atoms with E-state index >= 15 is 13.2 Å². The first-order valence-electron chi connectivity index (χ1n) is 27.9. The van der Waals surface area contributed by atoms with Crippen LogP contribution in [0.25, 0.3) is 0 Å². The largest absolute Gasteiger partial charge is 0.864 e. The van der Waals surface area contributed by atoms with Gasteiger partial charge in [0.25, 0.3) is 0 Å². The van der Waals surface area contributed by atoms with E-state index in [-0.39, 0.29) is 91.6 Å². The molecule has 492 valence electrons. The number of unbranched alkanes of at least 4 members (excludes halogenated alkanes) is 13. The first kappa shape index (κ1) is 75.9. The maximum Gasteiger partial charge on any atom is 0.864 e. The predicted octanol–water partition coefficient (Wildman–Crippen LogP) is 22.8. The number of nitrogens with zero attached hydrogens (tertiary/aromatic N) is 1. The van der Waals surface area contributed by atoms with Gasteiger partial charge >= 0.3 is 56.7 Å². The number of halogens is 24. The summed E-state index contributed by atoms with van der Waals surface area (Å²) in [5, 5.41) is 0. The Morgan fingerprint density at radius 1 is 0.345 bits per heavy atom. The molecular formula is C58H66BF24NO3. The fourth-order valence-electron chi connectivity index (χ4n) is 9.57. The van der Waals surface area contributed by atoms with E-state index in [1.165, 1.54) is 0 Å². The summed E-state index contributed by atoms with van der Waals surface area (Å²) in [5.41, 5.74) is -15.9. The molecule has 0 aromatic heterocycles. The maximum atomic E-state index is 15.7. The Morgan fingerprint density at radius 3 is 0.954 bits per heavy atom. The molecular weight excluding hydrogens is 1230 g/mol. The lowest BCUT2D eigenvalue weighted by molar-refractivity contribution is -0.958. The van der Waals surface area contributed by atoms with Crippen molar-refractivity contribution in [2.75, 3.05) is 19.6 Å². The minimum atomic E-state index is -5.65. The Kier molecular flexibility index (Phi) is 27.8. The van der Waals surface area contributed by atoms with Crippen LogP contribution in [0.4, 0.5) is 105 Å². The number of alkyl halides is 24. The van der Waals surface area contributed by atoms with Crippen LogP contribution in [0.15, 0.2) is 66.7 Å². The van der Waals surface area contributed by atoms with Gasteiger partial charge in [0, 0.05) is 6.42 Å². The molecule has 0 aliphatic rings. The van der Waals surface area contributed by atoms with Gasteiger partial charge in [-0.25, -0.2) is 0 Å². The van der Waals surface area contributed by atoms with Gasteiger partial charge in [0.05, 0.1) is 58.6 Å². The normalized spacial score (nSPS) is 13.5. The van der Waals surface area contributed by atoms with Crippen molar-refractivity contribution in [1.82, 2.24) is 0 Å². The second-order valence-corrected chi connectivity index (χ2v) is 20.9. The summed E-state index contributed by atoms with van der Waals surface area (Å²) in [6.07, 6.45) is -31.5. The van der Waals surface area contributed by atoms with Gasteiger partial charge in [0.2, 0.25) is 0 Å². The maximum absolute atomic E-state index is 15.7. The Labute approximate surface area is 488 Å². The summed E-state index contributed by atoms with van der Waals surface area (Å²) >= 11 is 0. The Hall–Kier alpha value is -5.38. The molecule has 0 fully saturated rings. The van der Waals surface area contributed by atoms with Crippen molar-refractivity contribution < 1.29 is 124 Å². The first-order chi connectivity index (χ1) is 40.0. The zero-order valence-corrected chi connectivity index (χ0v) is 47.6. The predicted molar refractivity (Wildman–Crippen MR) is 276 cm³/mol. The van der Waals surface area contributed by atoms with Crippen LogP contribution in [0.3, 0.4) is 0 Å². The van der Waals surface area contributed by atoms with Crippen LogP contribution in [0.5, 0.6) is 17.2 Å². The van der Waals surface area contributed by atoms with Crippen molar-refractivity contribution in [3.8, 4) is 17.2 Å². The molecule has 4 rings (SSSR count). The Morgan fingerprint density at radius 2 is 0.644 bits per heavy atom. The van der Waals surface area contributed by atoms with Crippen molar-refractivity contribution >= 4 is 7.32 Å². The molecule has 1 atom stereocenters. The van der Waals surface area contributed by atoms with Crippen molar-refractivity contribution in [3.63, 3.8) is 0 Å². The van der Waals surface area contributed by atoms with E-state index in [0.29, 0.717) is 63.5 Å². The summed E-state index contributed by atoms with van der Waals surface area (Å²) < 4.78 is 348. The lowest BCUT2D eigenvalue weighted by atomic mass is 9.88. The molecule has 1 unspecified atom stereocenters. The standard InChI is InChI=1S/C50H63BF18NO3.C8H3F6/c1-5-9-13-14-15-16-17-18-19-20-21-22-42(70(23-10-6-2,24-11-7-3)25-12-8-4)44-41(50(67,68)69)32-38(49(64,65)66)33-43(44)73-51(71-39-28-34(45(52,53)54)26-35(29-39)46(55,56)57)72-40-30-36(47(58,59)60)27-37(31-40)48(61,62)63;9-7(10,11)5-2-1-3-6(4-5)8(12,13)14/h26-33,42H,5-25H2,1-4H3;2-4H/q+1;-1. The average molecular weight is 1290 g/mol. The van der Waals surface area contributed by atoms with E-state index in [1.54, 1.807) is 26.8 Å². The summed E-state index contributed by atoms with van der Waals surface area (Å²) in [6.45, 7) is 8.00. The van der Waals surface area contributed by atoms with Gasteiger partial charge in [-0.3, -0.25) is 0 Å². The Bertz CT molecular complexity index is 2510. The average Bonchev–Trinajstić information content (AvgIpc) is 0.849. The summed E-state index contributed by atoms with van der Waals surface area (Å²) in [4.78, 5) is 0. The van der Waals surface area contributed by atoms with Gasteiger partial charge in [0.1, 0.15) is 23.3 Å². The van der Waals surface area contributed by atoms with Gasteiger partial charge < -0.3 is 18.4 Å². The summed E-state index contributed by atoms with van der Waals surface area (Å²) in [5.74, 6) is -4.52. The molecule has 4 nitrogen and oxygen atoms in total. The fourth-order valence-corrected chi connectivity index (χ4v) is 9.57. The van der Waals surface area contributed by atoms with Crippen LogP contribution < -0.4 is 14.0 Å². The third-order valence-electron chi connectivity index (χ3n) is 14.0. The van der Waals surface area contributed by atoms with Crippen LogP contribution >= 0.6 is 0 Å². The molecule has 29 heteroatoms. The van der Waals surface area contributed by atoms with E-state index in [9.17, 15) is 92.2 Å². The molecule has 4 aromatic rings. The lowest BCUT2D eigenvalue weighted by Gasteiger charge is -2.47. The van der Waals surface area contributed by atoms with Crippen LogP contribution in [0.2, 0.25) is 0 Å². The molecule has 0 heterocycles. The number of benzene rings is 4. The van der Waals surface area contributed by atoms with Gasteiger partial charge in [-0.05, 0) is 74.2 Å². The summed E-state index contributed by atoms with van der Waals surface area (Å²) in [7, 11) is -3.27. The van der Waals surface area contributed by atoms with Crippen LogP contribution in [-0.4, -0.2) is 31.4 Å². The number of hydrogen-bond donors (Lipinski definition) is 0. The second kappa shape index (κ2) is 31.9. The zero-order valence-electron chi connectivity index (χ0n) is 47.6. The molecule has 4 aromatic carbocycles. The molecule has 0 aliphatic carbocycles. The van der Waals surface area contributed by atoms with E-state index in [0.717, 1.165) is 51.4 Å². The van der Waals surface area contributed by atoms with Crippen LogP contribution in [0.1, 0.15) is 199 Å². The number of quaternary nitrogens is 1. The Balaban J connectivity index is 0.00000123. The van der Waals surface area contributed by atoms with Crippen molar-refractivity contribution in [1.29, 1.82) is 0 Å². The molecule has 0 N–H and O–H groups in total. The first-order valence-corrected chi connectivity index (χ1v) is 27.9. The smallest absolute Gasteiger partial charge is 0.490 e. The van der Waals surface area contributed by atoms with E-state index in [1.807, 2.05) is 0 Å². The third-order valence-corrected chi connectivity index (χ3v) is 14.0. The highest BCUT2D eigenvalue weighted by Crippen LogP contribution is 2.50. The molecule has 0 radical (unpaired) electrons. The molecule has 0 saturated heterocycles. The van der Waals surface area contributed by atoms with E-state index in [2.05, 4.69) is 6.92 Å².